The molecule has 1 aliphatic rings. The Morgan fingerprint density at radius 2 is 1.87 bits per heavy atom. The maximum Gasteiger partial charge on any atom is 0.257 e. The normalized spacial score (nSPS) is 15.1. The summed E-state index contributed by atoms with van der Waals surface area (Å²) in [6, 6.07) is 17.5. The van der Waals surface area contributed by atoms with Crippen molar-refractivity contribution in [1.82, 2.24) is 5.32 Å². The largest absolute Gasteiger partial charge is 0.341 e. The van der Waals surface area contributed by atoms with Crippen molar-refractivity contribution in [2.75, 3.05) is 5.32 Å². The highest BCUT2D eigenvalue weighted by molar-refractivity contribution is 7.17. The molecule has 2 heterocycles. The van der Waals surface area contributed by atoms with Crippen LogP contribution >= 0.6 is 11.3 Å². The predicted molar refractivity (Wildman–Crippen MR) is 117 cm³/mol. The monoisotopic (exact) mass is 416 g/mol. The van der Waals surface area contributed by atoms with Crippen LogP contribution in [0.5, 0.6) is 0 Å². The topological polar surface area (TPSA) is 58.2 Å². The van der Waals surface area contributed by atoms with Gasteiger partial charge in [0.05, 0.1) is 16.3 Å². The minimum atomic E-state index is -0.345. The van der Waals surface area contributed by atoms with Gasteiger partial charge in [0.15, 0.2) is 0 Å². The molecule has 6 heteroatoms. The lowest BCUT2D eigenvalue weighted by Gasteiger charge is -2.18. The highest BCUT2D eigenvalue weighted by Gasteiger charge is 2.33. The van der Waals surface area contributed by atoms with Gasteiger partial charge in [-0.1, -0.05) is 42.5 Å². The number of hydrogen-bond acceptors (Lipinski definition) is 3. The fourth-order valence-electron chi connectivity index (χ4n) is 4.00. The van der Waals surface area contributed by atoms with E-state index in [9.17, 15) is 14.0 Å². The second-order valence-corrected chi connectivity index (χ2v) is 8.13. The fraction of sp³-hybridized carbons (Fsp3) is 0.0833. The summed E-state index contributed by atoms with van der Waals surface area (Å²) in [5.74, 6) is -0.841. The molecule has 2 amide bonds. The summed E-state index contributed by atoms with van der Waals surface area (Å²) < 4.78 is 14.5. The van der Waals surface area contributed by atoms with Gasteiger partial charge in [0.2, 0.25) is 0 Å². The molecule has 1 aromatic heterocycles. The number of anilines is 1. The van der Waals surface area contributed by atoms with Crippen LogP contribution in [0.1, 0.15) is 43.4 Å². The molecular weight excluding hydrogens is 399 g/mol. The van der Waals surface area contributed by atoms with Crippen molar-refractivity contribution < 1.29 is 14.0 Å². The first-order valence-electron chi connectivity index (χ1n) is 9.51. The summed E-state index contributed by atoms with van der Waals surface area (Å²) in [4.78, 5) is 25.6. The van der Waals surface area contributed by atoms with E-state index in [1.165, 1.54) is 17.4 Å². The molecule has 4 nitrogen and oxygen atoms in total. The van der Waals surface area contributed by atoms with E-state index in [2.05, 4.69) is 10.6 Å². The second-order valence-electron chi connectivity index (χ2n) is 7.25. The summed E-state index contributed by atoms with van der Waals surface area (Å²) in [7, 11) is 0. The Kier molecular flexibility index (Phi) is 4.37. The number of nitrogens with one attached hydrogen (secondary N) is 2. The number of fused-ring (bicyclic) bond motifs is 2. The van der Waals surface area contributed by atoms with Gasteiger partial charge in [-0.15, -0.1) is 11.3 Å². The molecule has 148 valence electrons. The lowest BCUT2D eigenvalue weighted by Crippen LogP contribution is -2.21. The third kappa shape index (κ3) is 2.88. The van der Waals surface area contributed by atoms with Crippen LogP contribution in [0.25, 0.3) is 10.1 Å². The highest BCUT2D eigenvalue weighted by atomic mass is 32.1. The number of benzene rings is 3. The van der Waals surface area contributed by atoms with E-state index in [1.807, 2.05) is 31.2 Å². The molecule has 30 heavy (non-hydrogen) atoms. The smallest absolute Gasteiger partial charge is 0.257 e. The van der Waals surface area contributed by atoms with Gasteiger partial charge < -0.3 is 10.6 Å². The SMILES string of the molecule is Cc1ccccc1[C@@H]1NC(=O)c2cccc(NC(=O)c3csc4c(F)cccc34)c21. The summed E-state index contributed by atoms with van der Waals surface area (Å²) in [6.07, 6.45) is 0. The van der Waals surface area contributed by atoms with E-state index in [0.29, 0.717) is 26.9 Å². The minimum Gasteiger partial charge on any atom is -0.341 e. The molecule has 0 fully saturated rings. The molecule has 0 saturated heterocycles. The molecule has 2 N–H and O–H groups in total. The lowest BCUT2D eigenvalue weighted by molar-refractivity contribution is 0.0959. The first kappa shape index (κ1) is 18.5. The van der Waals surface area contributed by atoms with Crippen LogP contribution in [0.3, 0.4) is 0 Å². The zero-order chi connectivity index (χ0) is 20.8. The standard InChI is InChI=1S/C24H17FN2O2S/c1-13-6-2-3-7-14(13)21-20-16(23(28)27-21)9-5-11-19(20)26-24(29)17-12-30-22-15(17)8-4-10-18(22)25/h2-12,21H,1H3,(H,26,29)(H,27,28)/t21-/m0/s1. The third-order valence-electron chi connectivity index (χ3n) is 5.46. The molecule has 0 unspecified atom stereocenters. The third-order valence-corrected chi connectivity index (χ3v) is 6.46. The van der Waals surface area contributed by atoms with Crippen molar-refractivity contribution in [2.24, 2.45) is 0 Å². The Hall–Kier alpha value is -3.51. The average molecular weight is 416 g/mol. The van der Waals surface area contributed by atoms with Gasteiger partial charge in [-0.25, -0.2) is 4.39 Å². The van der Waals surface area contributed by atoms with Crippen LogP contribution in [-0.4, -0.2) is 11.8 Å². The number of halogens is 1. The Labute approximate surface area is 176 Å². The number of carbonyl (C=O) groups is 2. The number of hydrogen-bond donors (Lipinski definition) is 2. The van der Waals surface area contributed by atoms with E-state index in [-0.39, 0.29) is 23.7 Å². The molecule has 0 aliphatic carbocycles. The van der Waals surface area contributed by atoms with E-state index >= 15 is 0 Å². The summed E-state index contributed by atoms with van der Waals surface area (Å²) in [5, 5.41) is 8.21. The molecule has 3 aromatic carbocycles. The van der Waals surface area contributed by atoms with Crippen molar-refractivity contribution in [3.05, 3.63) is 99.7 Å². The van der Waals surface area contributed by atoms with E-state index < -0.39 is 0 Å². The van der Waals surface area contributed by atoms with Crippen molar-refractivity contribution in [1.29, 1.82) is 0 Å². The van der Waals surface area contributed by atoms with E-state index in [0.717, 1.165) is 16.7 Å². The van der Waals surface area contributed by atoms with Crippen molar-refractivity contribution in [3.8, 4) is 0 Å². The molecule has 5 rings (SSSR count). The van der Waals surface area contributed by atoms with Crippen molar-refractivity contribution >= 4 is 38.9 Å². The molecule has 4 aromatic rings. The molecule has 0 bridgehead atoms. The Morgan fingerprint density at radius 1 is 1.07 bits per heavy atom. The van der Waals surface area contributed by atoms with Crippen LogP contribution in [0, 0.1) is 12.7 Å². The Bertz CT molecular complexity index is 1330. The quantitative estimate of drug-likeness (QED) is 0.468. The number of carbonyl (C=O) groups excluding carboxylic acids is 2. The maximum absolute atomic E-state index is 14.0. The Balaban J connectivity index is 1.57. The first-order valence-corrected chi connectivity index (χ1v) is 10.4. The van der Waals surface area contributed by atoms with Crippen molar-refractivity contribution in [3.63, 3.8) is 0 Å². The van der Waals surface area contributed by atoms with Crippen LogP contribution in [0.2, 0.25) is 0 Å². The van der Waals surface area contributed by atoms with Crippen molar-refractivity contribution in [2.45, 2.75) is 13.0 Å². The number of amides is 2. The average Bonchev–Trinajstić information content (AvgIpc) is 3.32. The highest BCUT2D eigenvalue weighted by Crippen LogP contribution is 2.38. The van der Waals surface area contributed by atoms with Gasteiger partial charge in [-0.3, -0.25) is 9.59 Å². The molecule has 1 aliphatic heterocycles. The number of rotatable bonds is 3. The van der Waals surface area contributed by atoms with Crippen LogP contribution in [0.15, 0.2) is 66.0 Å². The minimum absolute atomic E-state index is 0.169. The zero-order valence-electron chi connectivity index (χ0n) is 16.0. The van der Waals surface area contributed by atoms with Gasteiger partial charge in [-0.05, 0) is 36.2 Å². The van der Waals surface area contributed by atoms with Gasteiger partial charge in [0.25, 0.3) is 11.8 Å². The maximum atomic E-state index is 14.0. The van der Waals surface area contributed by atoms with Crippen LogP contribution < -0.4 is 10.6 Å². The van der Waals surface area contributed by atoms with E-state index in [1.54, 1.807) is 35.7 Å². The van der Waals surface area contributed by atoms with E-state index in [4.69, 9.17) is 0 Å². The Morgan fingerprint density at radius 3 is 2.70 bits per heavy atom. The molecular formula is C24H17FN2O2S. The summed E-state index contributed by atoms with van der Waals surface area (Å²) in [6.45, 7) is 1.99. The van der Waals surface area contributed by atoms with Gasteiger partial charge in [0, 0.05) is 27.6 Å². The zero-order valence-corrected chi connectivity index (χ0v) is 16.8. The second kappa shape index (κ2) is 7.07. The molecule has 0 saturated carbocycles. The van der Waals surface area contributed by atoms with Crippen LogP contribution in [0.4, 0.5) is 10.1 Å². The molecule has 0 radical (unpaired) electrons. The summed E-state index contributed by atoms with van der Waals surface area (Å²) >= 11 is 1.20. The first-order chi connectivity index (χ1) is 14.5. The molecule has 1 atom stereocenters. The summed E-state index contributed by atoms with van der Waals surface area (Å²) in [5.41, 5.74) is 4.31. The van der Waals surface area contributed by atoms with Crippen LogP contribution in [-0.2, 0) is 0 Å². The number of thiophene rings is 1. The van der Waals surface area contributed by atoms with Gasteiger partial charge >= 0.3 is 0 Å². The fourth-order valence-corrected chi connectivity index (χ4v) is 4.95. The van der Waals surface area contributed by atoms with Gasteiger partial charge in [0.1, 0.15) is 5.82 Å². The van der Waals surface area contributed by atoms with Gasteiger partial charge in [-0.2, -0.15) is 0 Å². The number of aryl methyl sites for hydroxylation is 1. The lowest BCUT2D eigenvalue weighted by atomic mass is 9.93. The molecule has 0 spiro atoms. The predicted octanol–water partition coefficient (Wildman–Crippen LogP) is 5.43.